The number of hydrogen-bond acceptors (Lipinski definition) is 5. The van der Waals surface area contributed by atoms with Crippen LogP contribution in [0.4, 0.5) is 0 Å². The van der Waals surface area contributed by atoms with Crippen molar-refractivity contribution in [2.24, 2.45) is 0 Å². The molecule has 1 heterocycles. The molecule has 124 valence electrons. The van der Waals surface area contributed by atoms with Crippen LogP contribution in [0.25, 0.3) is 22.6 Å². The summed E-state index contributed by atoms with van der Waals surface area (Å²) >= 11 is 0. The third-order valence-electron chi connectivity index (χ3n) is 3.86. The fourth-order valence-corrected chi connectivity index (χ4v) is 2.60. The summed E-state index contributed by atoms with van der Waals surface area (Å²) in [5, 5.41) is 0. The van der Waals surface area contributed by atoms with Gasteiger partial charge in [-0.15, -0.1) is 0 Å². The number of methoxy groups -OCH3 is 1. The summed E-state index contributed by atoms with van der Waals surface area (Å²) in [7, 11) is 1.63. The van der Waals surface area contributed by atoms with E-state index in [4.69, 9.17) is 13.9 Å². The van der Waals surface area contributed by atoms with Gasteiger partial charge in [0, 0.05) is 12.1 Å². The first-order valence-corrected chi connectivity index (χ1v) is 7.82. The van der Waals surface area contributed by atoms with Crippen molar-refractivity contribution in [3.05, 3.63) is 76.5 Å². The Morgan fingerprint density at radius 2 is 1.92 bits per heavy atom. The van der Waals surface area contributed by atoms with Gasteiger partial charge in [-0.1, -0.05) is 12.1 Å². The summed E-state index contributed by atoms with van der Waals surface area (Å²) in [5.74, 6) is 1.92. The van der Waals surface area contributed by atoms with E-state index in [1.54, 1.807) is 19.2 Å². The fourth-order valence-electron chi connectivity index (χ4n) is 2.60. The van der Waals surface area contributed by atoms with Gasteiger partial charge in [0.15, 0.2) is 16.8 Å². The third kappa shape index (κ3) is 3.17. The Morgan fingerprint density at radius 3 is 2.80 bits per heavy atom. The molecule has 25 heavy (non-hydrogen) atoms. The molecule has 1 aliphatic heterocycles. The Hall–Kier alpha value is -3.34. The lowest BCUT2D eigenvalue weighted by Crippen LogP contribution is -1.99. The Kier molecular flexibility index (Phi) is 3.82. The van der Waals surface area contributed by atoms with Crippen molar-refractivity contribution >= 4 is 11.1 Å². The van der Waals surface area contributed by atoms with Gasteiger partial charge in [0.1, 0.15) is 29.3 Å². The van der Waals surface area contributed by atoms with E-state index in [0.717, 1.165) is 11.3 Å². The minimum Gasteiger partial charge on any atom is -0.497 e. The summed E-state index contributed by atoms with van der Waals surface area (Å²) < 4.78 is 16.8. The van der Waals surface area contributed by atoms with Gasteiger partial charge in [-0.2, -0.15) is 0 Å². The molecule has 0 saturated heterocycles. The molecule has 1 aliphatic carbocycles. The van der Waals surface area contributed by atoms with E-state index < -0.39 is 0 Å². The molecule has 0 radical (unpaired) electrons. The van der Waals surface area contributed by atoms with E-state index >= 15 is 0 Å². The molecule has 0 spiro atoms. The Bertz CT molecular complexity index is 1070. The highest BCUT2D eigenvalue weighted by molar-refractivity contribution is 5.77. The Balaban J connectivity index is 1.63. The van der Waals surface area contributed by atoms with Crippen LogP contribution in [-0.2, 0) is 6.61 Å². The second kappa shape index (κ2) is 6.28. The molecule has 0 fully saturated rings. The van der Waals surface area contributed by atoms with E-state index in [9.17, 15) is 4.79 Å². The van der Waals surface area contributed by atoms with Gasteiger partial charge in [-0.25, -0.2) is 4.98 Å². The molecule has 5 nitrogen and oxygen atoms in total. The second-order valence-electron chi connectivity index (χ2n) is 5.61. The fraction of sp³-hybridized carbons (Fsp3) is 0.100. The molecule has 0 amide bonds. The van der Waals surface area contributed by atoms with Crippen LogP contribution in [0.15, 0.2) is 69.9 Å². The molecule has 5 heteroatoms. The Morgan fingerprint density at radius 1 is 1.00 bits per heavy atom. The third-order valence-corrected chi connectivity index (χ3v) is 3.86. The van der Waals surface area contributed by atoms with Crippen LogP contribution >= 0.6 is 0 Å². The number of rotatable bonds is 4. The second-order valence-corrected chi connectivity index (χ2v) is 5.61. The van der Waals surface area contributed by atoms with Gasteiger partial charge in [0.2, 0.25) is 0 Å². The quantitative estimate of drug-likeness (QED) is 0.530. The van der Waals surface area contributed by atoms with Crippen molar-refractivity contribution in [2.45, 2.75) is 6.61 Å². The molecular formula is C20H15NO4. The van der Waals surface area contributed by atoms with Crippen LogP contribution in [0.3, 0.4) is 0 Å². The number of hydrogen-bond donors (Lipinski definition) is 0. The van der Waals surface area contributed by atoms with E-state index in [-0.39, 0.29) is 5.43 Å². The molecular weight excluding hydrogens is 318 g/mol. The number of nitrogens with zero attached hydrogens (tertiary/aromatic N) is 1. The molecule has 0 atom stereocenters. The first-order chi connectivity index (χ1) is 12.2. The predicted molar refractivity (Wildman–Crippen MR) is 94.2 cm³/mol. The van der Waals surface area contributed by atoms with Crippen molar-refractivity contribution < 1.29 is 13.9 Å². The average Bonchev–Trinajstić information content (AvgIpc) is 2.64. The zero-order valence-electron chi connectivity index (χ0n) is 13.6. The summed E-state index contributed by atoms with van der Waals surface area (Å²) in [6.07, 6.45) is 0. The van der Waals surface area contributed by atoms with Gasteiger partial charge < -0.3 is 13.9 Å². The van der Waals surface area contributed by atoms with Gasteiger partial charge in [-0.3, -0.25) is 4.79 Å². The van der Waals surface area contributed by atoms with Crippen LogP contribution in [0.1, 0.15) is 5.56 Å². The molecule has 0 aromatic heterocycles. The lowest BCUT2D eigenvalue weighted by molar-refractivity contribution is 0.305. The van der Waals surface area contributed by atoms with E-state index in [1.807, 2.05) is 36.4 Å². The number of fused-ring (bicyclic) bond motifs is 2. The molecule has 2 aliphatic rings. The maximum absolute atomic E-state index is 11.5. The van der Waals surface area contributed by atoms with Crippen LogP contribution < -0.4 is 14.9 Å². The maximum atomic E-state index is 11.5. The largest absolute Gasteiger partial charge is 0.497 e. The molecule has 0 N–H and O–H groups in total. The smallest absolute Gasteiger partial charge is 0.182 e. The summed E-state index contributed by atoms with van der Waals surface area (Å²) in [4.78, 5) is 16.0. The zero-order chi connectivity index (χ0) is 17.2. The van der Waals surface area contributed by atoms with Crippen molar-refractivity contribution in [3.8, 4) is 23.0 Å². The maximum Gasteiger partial charge on any atom is 0.182 e. The topological polar surface area (TPSA) is 61.6 Å². The van der Waals surface area contributed by atoms with Gasteiger partial charge in [0.05, 0.1) is 7.11 Å². The minimum atomic E-state index is -0.108. The van der Waals surface area contributed by atoms with Gasteiger partial charge in [0.25, 0.3) is 0 Å². The normalized spacial score (nSPS) is 10.9. The van der Waals surface area contributed by atoms with Crippen LogP contribution in [0.5, 0.6) is 11.5 Å². The predicted octanol–water partition coefficient (Wildman–Crippen LogP) is 3.88. The lowest BCUT2D eigenvalue weighted by atomic mass is 10.2. The average molecular weight is 333 g/mol. The molecule has 4 rings (SSSR count). The van der Waals surface area contributed by atoms with Gasteiger partial charge in [-0.05, 0) is 42.0 Å². The van der Waals surface area contributed by atoms with Crippen molar-refractivity contribution in [1.82, 2.24) is 4.98 Å². The first kappa shape index (κ1) is 15.2. The summed E-state index contributed by atoms with van der Waals surface area (Å²) in [5.41, 5.74) is 2.82. The zero-order valence-corrected chi connectivity index (χ0v) is 13.6. The highest BCUT2D eigenvalue weighted by Gasteiger charge is 2.10. The molecule has 0 bridgehead atoms. The van der Waals surface area contributed by atoms with Gasteiger partial charge >= 0.3 is 0 Å². The van der Waals surface area contributed by atoms with Crippen LogP contribution in [-0.4, -0.2) is 12.1 Å². The monoisotopic (exact) mass is 333 g/mol. The van der Waals surface area contributed by atoms with E-state index in [1.165, 1.54) is 12.1 Å². The minimum absolute atomic E-state index is 0.108. The molecule has 0 saturated carbocycles. The highest BCUT2D eigenvalue weighted by Crippen LogP contribution is 2.27. The Labute approximate surface area is 143 Å². The number of benzene rings is 3. The SMILES string of the molecule is COc1cccc(COc2ccc3nc4ccc(=O)cc-4oc3c2)c1. The number of aromatic nitrogens is 1. The van der Waals surface area contributed by atoms with Crippen molar-refractivity contribution in [2.75, 3.05) is 7.11 Å². The number of ether oxygens (including phenoxy) is 2. The van der Waals surface area contributed by atoms with E-state index in [2.05, 4.69) is 4.98 Å². The first-order valence-electron chi connectivity index (χ1n) is 7.82. The molecule has 0 unspecified atom stereocenters. The molecule has 2 aromatic carbocycles. The van der Waals surface area contributed by atoms with Crippen molar-refractivity contribution in [3.63, 3.8) is 0 Å². The summed E-state index contributed by atoms with van der Waals surface area (Å²) in [6.45, 7) is 0.411. The van der Waals surface area contributed by atoms with Crippen LogP contribution in [0, 0.1) is 0 Å². The lowest BCUT2D eigenvalue weighted by Gasteiger charge is -2.09. The molecule has 2 aromatic rings. The van der Waals surface area contributed by atoms with E-state index in [0.29, 0.717) is 34.9 Å². The van der Waals surface area contributed by atoms with Crippen LogP contribution in [0.2, 0.25) is 0 Å². The highest BCUT2D eigenvalue weighted by atomic mass is 16.5. The summed E-state index contributed by atoms with van der Waals surface area (Å²) in [6, 6.07) is 17.7. The van der Waals surface area contributed by atoms with Crippen molar-refractivity contribution in [1.29, 1.82) is 0 Å². The standard InChI is InChI=1S/C20H15NO4/c1-23-15-4-2-3-13(9-15)12-24-16-6-8-18-20(11-16)25-19-10-14(22)5-7-17(19)21-18/h2-11H,12H2,1H3.